The van der Waals surface area contributed by atoms with E-state index in [1.165, 1.54) is 70.6 Å². The second-order valence-electron chi connectivity index (χ2n) is 6.08. The van der Waals surface area contributed by atoms with Gasteiger partial charge in [-0.3, -0.25) is 0 Å². The Labute approximate surface area is 113 Å². The van der Waals surface area contributed by atoms with Gasteiger partial charge in [0.1, 0.15) is 0 Å². The van der Waals surface area contributed by atoms with Gasteiger partial charge in [-0.15, -0.1) is 0 Å². The molecular weight excluding hydrogens is 220 g/mol. The van der Waals surface area contributed by atoms with Crippen molar-refractivity contribution in [2.75, 3.05) is 13.2 Å². The Bertz CT molecular complexity index is 267. The summed E-state index contributed by atoms with van der Waals surface area (Å²) in [6.45, 7) is 4.24. The first kappa shape index (κ1) is 14.1. The van der Waals surface area contributed by atoms with E-state index in [1.807, 2.05) is 0 Å². The summed E-state index contributed by atoms with van der Waals surface area (Å²) in [5.41, 5.74) is 3.49. The Morgan fingerprint density at radius 2 is 1.78 bits per heavy atom. The van der Waals surface area contributed by atoms with Crippen molar-refractivity contribution >= 4 is 0 Å². The molecule has 0 saturated carbocycles. The summed E-state index contributed by atoms with van der Waals surface area (Å²) in [6, 6.07) is 0. The number of hydrogen-bond donors (Lipinski definition) is 0. The average molecular weight is 250 g/mol. The summed E-state index contributed by atoms with van der Waals surface area (Å²) in [5.74, 6) is 0.836. The van der Waals surface area contributed by atoms with Gasteiger partial charge in [0.05, 0.1) is 13.2 Å². The first-order valence-corrected chi connectivity index (χ1v) is 8.20. The van der Waals surface area contributed by atoms with E-state index in [0.29, 0.717) is 0 Å². The molecule has 1 heteroatoms. The van der Waals surface area contributed by atoms with Gasteiger partial charge in [0, 0.05) is 0 Å². The van der Waals surface area contributed by atoms with E-state index >= 15 is 0 Å². The van der Waals surface area contributed by atoms with Gasteiger partial charge >= 0.3 is 0 Å². The molecule has 0 fully saturated rings. The van der Waals surface area contributed by atoms with Crippen LogP contribution in [0.15, 0.2) is 11.1 Å². The van der Waals surface area contributed by atoms with Crippen LogP contribution in [0.3, 0.4) is 0 Å². The minimum atomic E-state index is 0.836. The molecule has 0 aromatic rings. The van der Waals surface area contributed by atoms with Crippen LogP contribution in [0.2, 0.25) is 0 Å². The molecule has 0 N–H and O–H groups in total. The molecule has 1 nitrogen and oxygen atoms in total. The standard InChI is InChI=1S/C17H30O/c1-2-9-15-10-7-5-3-4-6-8-11-16-12-13-18-14-17(15)16/h15H,2-14H2,1H3. The normalized spacial score (nSPS) is 27.5. The van der Waals surface area contributed by atoms with E-state index in [-0.39, 0.29) is 0 Å². The summed E-state index contributed by atoms with van der Waals surface area (Å²) in [5, 5.41) is 0. The molecule has 18 heavy (non-hydrogen) atoms. The Morgan fingerprint density at radius 1 is 1.00 bits per heavy atom. The number of hydrogen-bond acceptors (Lipinski definition) is 1. The van der Waals surface area contributed by atoms with Crippen LogP contribution in [0.4, 0.5) is 0 Å². The molecule has 2 aliphatic rings. The van der Waals surface area contributed by atoms with Crippen LogP contribution in [0.25, 0.3) is 0 Å². The highest BCUT2D eigenvalue weighted by molar-refractivity contribution is 5.20. The van der Waals surface area contributed by atoms with Crippen molar-refractivity contribution in [3.8, 4) is 0 Å². The maximum Gasteiger partial charge on any atom is 0.0682 e. The van der Waals surface area contributed by atoms with Crippen molar-refractivity contribution in [1.29, 1.82) is 0 Å². The molecule has 1 heterocycles. The van der Waals surface area contributed by atoms with Crippen molar-refractivity contribution in [3.63, 3.8) is 0 Å². The summed E-state index contributed by atoms with van der Waals surface area (Å²) >= 11 is 0. The highest BCUT2D eigenvalue weighted by Crippen LogP contribution is 2.33. The van der Waals surface area contributed by atoms with Crippen molar-refractivity contribution in [1.82, 2.24) is 0 Å². The summed E-state index contributed by atoms with van der Waals surface area (Å²) in [6.07, 6.45) is 15.3. The van der Waals surface area contributed by atoms with Crippen LogP contribution >= 0.6 is 0 Å². The molecule has 104 valence electrons. The predicted octanol–water partition coefficient (Wildman–Crippen LogP) is 5.25. The Hall–Kier alpha value is -0.300. The first-order chi connectivity index (χ1) is 8.92. The molecule has 0 bridgehead atoms. The van der Waals surface area contributed by atoms with Gasteiger partial charge in [-0.1, -0.05) is 51.0 Å². The largest absolute Gasteiger partial charge is 0.377 e. The van der Waals surface area contributed by atoms with Crippen molar-refractivity contribution in [2.24, 2.45) is 5.92 Å². The van der Waals surface area contributed by atoms with E-state index in [4.69, 9.17) is 4.74 Å². The molecule has 2 rings (SSSR count). The van der Waals surface area contributed by atoms with Gasteiger partial charge in [-0.05, 0) is 43.6 Å². The monoisotopic (exact) mass is 250 g/mol. The average Bonchev–Trinajstić information content (AvgIpc) is 2.44. The lowest BCUT2D eigenvalue weighted by atomic mass is 9.84. The quantitative estimate of drug-likeness (QED) is 0.608. The second kappa shape index (κ2) is 7.99. The Balaban J connectivity index is 2.09. The van der Waals surface area contributed by atoms with Crippen molar-refractivity contribution < 1.29 is 4.74 Å². The molecule has 1 aliphatic heterocycles. The molecule has 0 saturated heterocycles. The SMILES string of the molecule is CCCC1CCCCCCCCC2=C1COCC2. The Morgan fingerprint density at radius 3 is 2.61 bits per heavy atom. The van der Waals surface area contributed by atoms with Crippen LogP contribution in [-0.4, -0.2) is 13.2 Å². The molecule has 0 aromatic carbocycles. The van der Waals surface area contributed by atoms with Crippen LogP contribution in [0.5, 0.6) is 0 Å². The van der Waals surface area contributed by atoms with Gasteiger partial charge in [-0.2, -0.15) is 0 Å². The van der Waals surface area contributed by atoms with E-state index in [0.717, 1.165) is 19.1 Å². The van der Waals surface area contributed by atoms with Crippen LogP contribution in [0, 0.1) is 5.92 Å². The van der Waals surface area contributed by atoms with E-state index in [9.17, 15) is 0 Å². The van der Waals surface area contributed by atoms with E-state index in [2.05, 4.69) is 6.92 Å². The minimum Gasteiger partial charge on any atom is -0.377 e. The van der Waals surface area contributed by atoms with Crippen molar-refractivity contribution in [2.45, 2.75) is 77.6 Å². The highest BCUT2D eigenvalue weighted by atomic mass is 16.5. The van der Waals surface area contributed by atoms with Gasteiger partial charge in [-0.25, -0.2) is 0 Å². The zero-order valence-electron chi connectivity index (χ0n) is 12.2. The fraction of sp³-hybridized carbons (Fsp3) is 0.882. The van der Waals surface area contributed by atoms with E-state index < -0.39 is 0 Å². The van der Waals surface area contributed by atoms with Gasteiger partial charge < -0.3 is 4.74 Å². The fourth-order valence-corrected chi connectivity index (χ4v) is 3.61. The zero-order valence-corrected chi connectivity index (χ0v) is 12.2. The minimum absolute atomic E-state index is 0.836. The van der Waals surface area contributed by atoms with Gasteiger partial charge in [0.2, 0.25) is 0 Å². The van der Waals surface area contributed by atoms with Crippen LogP contribution < -0.4 is 0 Å². The smallest absolute Gasteiger partial charge is 0.0682 e. The summed E-state index contributed by atoms with van der Waals surface area (Å²) < 4.78 is 5.76. The number of ether oxygens (including phenoxy) is 1. The molecular formula is C17H30O. The fourth-order valence-electron chi connectivity index (χ4n) is 3.61. The predicted molar refractivity (Wildman–Crippen MR) is 77.8 cm³/mol. The van der Waals surface area contributed by atoms with Gasteiger partial charge in [0.15, 0.2) is 0 Å². The molecule has 1 unspecified atom stereocenters. The van der Waals surface area contributed by atoms with Gasteiger partial charge in [0.25, 0.3) is 0 Å². The van der Waals surface area contributed by atoms with E-state index in [1.54, 1.807) is 11.1 Å². The molecule has 0 aromatic heterocycles. The third-order valence-electron chi connectivity index (χ3n) is 4.67. The lowest BCUT2D eigenvalue weighted by Gasteiger charge is -2.27. The lowest BCUT2D eigenvalue weighted by molar-refractivity contribution is 0.134. The topological polar surface area (TPSA) is 9.23 Å². The maximum absolute atomic E-state index is 5.76. The Kier molecular flexibility index (Phi) is 6.26. The molecule has 0 amide bonds. The zero-order chi connectivity index (χ0) is 12.6. The molecule has 0 spiro atoms. The first-order valence-electron chi connectivity index (χ1n) is 8.20. The molecule has 1 atom stereocenters. The molecule has 1 aliphatic carbocycles. The van der Waals surface area contributed by atoms with Crippen molar-refractivity contribution in [3.05, 3.63) is 11.1 Å². The van der Waals surface area contributed by atoms with Crippen LogP contribution in [-0.2, 0) is 4.74 Å². The second-order valence-corrected chi connectivity index (χ2v) is 6.08. The molecule has 0 radical (unpaired) electrons. The third kappa shape index (κ3) is 4.12. The number of rotatable bonds is 2. The summed E-state index contributed by atoms with van der Waals surface area (Å²) in [7, 11) is 0. The van der Waals surface area contributed by atoms with Crippen LogP contribution in [0.1, 0.15) is 77.6 Å². The maximum atomic E-state index is 5.76. The highest BCUT2D eigenvalue weighted by Gasteiger charge is 2.21. The summed E-state index contributed by atoms with van der Waals surface area (Å²) in [4.78, 5) is 0. The lowest BCUT2D eigenvalue weighted by Crippen LogP contribution is -2.18. The third-order valence-corrected chi connectivity index (χ3v) is 4.67.